The van der Waals surface area contributed by atoms with Crippen LogP contribution in [0.25, 0.3) is 0 Å². The van der Waals surface area contributed by atoms with Gasteiger partial charge in [-0.05, 0) is 30.2 Å². The van der Waals surface area contributed by atoms with Crippen LogP contribution in [0.3, 0.4) is 0 Å². The summed E-state index contributed by atoms with van der Waals surface area (Å²) in [6.45, 7) is 3.48. The third-order valence-corrected chi connectivity index (χ3v) is 6.76. The maximum atomic E-state index is 14.7. The maximum Gasteiger partial charge on any atom is 0.325 e. The van der Waals surface area contributed by atoms with E-state index in [0.717, 1.165) is 0 Å². The van der Waals surface area contributed by atoms with Crippen LogP contribution in [0.1, 0.15) is 36.6 Å². The standard InChI is InChI=1S/C27H22Cl2F2N2O3/c1-15(2)26(33-13-19-20(14-33)25(31)23(29)22(28)24(19)30)27(34)36-21(12-32)16-7-6-10-18(11-16)35-17-8-4-3-5-9-17/h3-11,15,21,26H,13-14H2,1-2H3. The summed E-state index contributed by atoms with van der Waals surface area (Å²) >= 11 is 11.7. The highest BCUT2D eigenvalue weighted by atomic mass is 35.5. The van der Waals surface area contributed by atoms with Gasteiger partial charge in [0.1, 0.15) is 35.2 Å². The number of nitriles is 1. The van der Waals surface area contributed by atoms with E-state index in [9.17, 15) is 18.8 Å². The third kappa shape index (κ3) is 5.17. The summed E-state index contributed by atoms with van der Waals surface area (Å²) in [5, 5.41) is 8.79. The van der Waals surface area contributed by atoms with Crippen LogP contribution in [0.4, 0.5) is 8.78 Å². The van der Waals surface area contributed by atoms with Crippen LogP contribution in [0.5, 0.6) is 11.5 Å². The van der Waals surface area contributed by atoms with Crippen LogP contribution in [-0.2, 0) is 22.6 Å². The number of halogens is 4. The van der Waals surface area contributed by atoms with E-state index < -0.39 is 39.8 Å². The van der Waals surface area contributed by atoms with Crippen LogP contribution >= 0.6 is 23.2 Å². The van der Waals surface area contributed by atoms with Gasteiger partial charge in [0, 0.05) is 29.8 Å². The van der Waals surface area contributed by atoms with Gasteiger partial charge < -0.3 is 9.47 Å². The van der Waals surface area contributed by atoms with Gasteiger partial charge in [-0.3, -0.25) is 9.69 Å². The van der Waals surface area contributed by atoms with Crippen molar-refractivity contribution in [3.05, 3.63) is 93.0 Å². The summed E-state index contributed by atoms with van der Waals surface area (Å²) < 4.78 is 40.8. The Labute approximate surface area is 217 Å². The first-order chi connectivity index (χ1) is 17.2. The zero-order valence-corrected chi connectivity index (χ0v) is 21.0. The molecule has 2 unspecified atom stereocenters. The Bertz CT molecular complexity index is 1290. The van der Waals surface area contributed by atoms with E-state index in [2.05, 4.69) is 0 Å². The molecule has 36 heavy (non-hydrogen) atoms. The van der Waals surface area contributed by atoms with E-state index in [4.69, 9.17) is 32.7 Å². The molecule has 0 N–H and O–H groups in total. The number of carbonyl (C=O) groups is 1. The Kier molecular flexibility index (Phi) is 7.79. The highest BCUT2D eigenvalue weighted by molar-refractivity contribution is 6.42. The predicted octanol–water partition coefficient (Wildman–Crippen LogP) is 7.21. The Hall–Kier alpha value is -3.18. The van der Waals surface area contributed by atoms with Gasteiger partial charge in [-0.2, -0.15) is 5.26 Å². The minimum absolute atomic E-state index is 0.0510. The van der Waals surface area contributed by atoms with E-state index in [1.165, 1.54) is 0 Å². The molecule has 0 aliphatic carbocycles. The van der Waals surface area contributed by atoms with Crippen molar-refractivity contribution in [1.82, 2.24) is 4.90 Å². The van der Waals surface area contributed by atoms with E-state index in [-0.39, 0.29) is 30.1 Å². The molecular formula is C27H22Cl2F2N2O3. The van der Waals surface area contributed by atoms with Gasteiger partial charge in [-0.15, -0.1) is 0 Å². The molecule has 1 aliphatic heterocycles. The maximum absolute atomic E-state index is 14.7. The zero-order chi connectivity index (χ0) is 26.0. The molecule has 0 aromatic heterocycles. The first-order valence-corrected chi connectivity index (χ1v) is 12.0. The average Bonchev–Trinajstić information content (AvgIpc) is 3.30. The molecule has 0 saturated heterocycles. The van der Waals surface area contributed by atoms with Gasteiger partial charge in [0.2, 0.25) is 6.10 Å². The number of ether oxygens (including phenoxy) is 2. The first-order valence-electron chi connectivity index (χ1n) is 11.2. The summed E-state index contributed by atoms with van der Waals surface area (Å²) in [7, 11) is 0. The first kappa shape index (κ1) is 25.9. The third-order valence-electron chi connectivity index (χ3n) is 5.95. The fourth-order valence-electron chi connectivity index (χ4n) is 4.27. The van der Waals surface area contributed by atoms with Crippen LogP contribution in [-0.4, -0.2) is 16.9 Å². The van der Waals surface area contributed by atoms with Gasteiger partial charge in [0.15, 0.2) is 0 Å². The fraction of sp³-hybridized carbons (Fsp3) is 0.259. The van der Waals surface area contributed by atoms with Crippen LogP contribution in [0.15, 0.2) is 54.6 Å². The number of para-hydroxylation sites is 1. The Morgan fingerprint density at radius 1 is 0.972 bits per heavy atom. The topological polar surface area (TPSA) is 62.6 Å². The van der Waals surface area contributed by atoms with E-state index in [0.29, 0.717) is 17.1 Å². The average molecular weight is 531 g/mol. The van der Waals surface area contributed by atoms with Crippen molar-refractivity contribution in [3.63, 3.8) is 0 Å². The number of carbonyl (C=O) groups excluding carboxylic acids is 1. The highest BCUT2D eigenvalue weighted by Crippen LogP contribution is 2.39. The minimum Gasteiger partial charge on any atom is -0.457 e. The number of hydrogen-bond acceptors (Lipinski definition) is 5. The van der Waals surface area contributed by atoms with Crippen molar-refractivity contribution in [2.75, 3.05) is 0 Å². The fourth-order valence-corrected chi connectivity index (χ4v) is 4.67. The van der Waals surface area contributed by atoms with Crippen molar-refractivity contribution in [2.45, 2.75) is 39.1 Å². The van der Waals surface area contributed by atoms with Crippen molar-refractivity contribution in [3.8, 4) is 17.6 Å². The summed E-state index contributed by atoms with van der Waals surface area (Å²) in [6, 6.07) is 17.0. The minimum atomic E-state index is -1.21. The van der Waals surface area contributed by atoms with Crippen molar-refractivity contribution < 1.29 is 23.0 Å². The Balaban J connectivity index is 1.53. The quantitative estimate of drug-likeness (QED) is 0.183. The molecule has 2 atom stereocenters. The zero-order valence-electron chi connectivity index (χ0n) is 19.5. The summed E-state index contributed by atoms with van der Waals surface area (Å²) in [5.74, 6) is -1.48. The van der Waals surface area contributed by atoms with E-state index >= 15 is 0 Å². The molecule has 0 fully saturated rings. The molecule has 0 radical (unpaired) electrons. The molecule has 0 saturated carbocycles. The molecular weight excluding hydrogens is 509 g/mol. The molecule has 1 heterocycles. The number of esters is 1. The number of nitrogens with zero attached hydrogens (tertiary/aromatic N) is 2. The molecule has 1 aliphatic rings. The lowest BCUT2D eigenvalue weighted by molar-refractivity contribution is -0.155. The van der Waals surface area contributed by atoms with Gasteiger partial charge >= 0.3 is 5.97 Å². The lowest BCUT2D eigenvalue weighted by atomic mass is 10.0. The van der Waals surface area contributed by atoms with Crippen LogP contribution in [0.2, 0.25) is 10.0 Å². The molecule has 5 nitrogen and oxygen atoms in total. The van der Waals surface area contributed by atoms with Gasteiger partial charge in [-0.25, -0.2) is 8.78 Å². The van der Waals surface area contributed by atoms with Gasteiger partial charge in [0.05, 0.1) is 10.0 Å². The van der Waals surface area contributed by atoms with Crippen LogP contribution < -0.4 is 4.74 Å². The Morgan fingerprint density at radius 2 is 1.56 bits per heavy atom. The second-order valence-electron chi connectivity index (χ2n) is 8.74. The second kappa shape index (κ2) is 10.8. The monoisotopic (exact) mass is 530 g/mol. The Morgan fingerprint density at radius 3 is 2.11 bits per heavy atom. The molecule has 4 rings (SSSR count). The molecule has 3 aromatic rings. The van der Waals surface area contributed by atoms with Crippen molar-refractivity contribution in [1.29, 1.82) is 5.26 Å². The highest BCUT2D eigenvalue weighted by Gasteiger charge is 2.39. The normalized spacial score (nSPS) is 14.7. The smallest absolute Gasteiger partial charge is 0.325 e. The van der Waals surface area contributed by atoms with Crippen molar-refractivity contribution >= 4 is 29.2 Å². The predicted molar refractivity (Wildman–Crippen MR) is 132 cm³/mol. The largest absolute Gasteiger partial charge is 0.457 e. The summed E-state index contributed by atoms with van der Waals surface area (Å²) in [5.41, 5.74) is 0.549. The second-order valence-corrected chi connectivity index (χ2v) is 9.50. The summed E-state index contributed by atoms with van der Waals surface area (Å²) in [6.07, 6.45) is -1.21. The van der Waals surface area contributed by atoms with Crippen molar-refractivity contribution in [2.24, 2.45) is 5.92 Å². The van der Waals surface area contributed by atoms with Gasteiger partial charge in [-0.1, -0.05) is 67.4 Å². The summed E-state index contributed by atoms with van der Waals surface area (Å²) in [4.78, 5) is 14.9. The molecule has 0 spiro atoms. The lowest BCUT2D eigenvalue weighted by Crippen LogP contribution is -2.43. The SMILES string of the molecule is CC(C)C(C(=O)OC(C#N)c1cccc(Oc2ccccc2)c1)N1Cc2c(F)c(Cl)c(Cl)c(F)c2C1. The molecule has 3 aromatic carbocycles. The number of benzene rings is 3. The number of hydrogen-bond donors (Lipinski definition) is 0. The molecule has 0 amide bonds. The molecule has 0 bridgehead atoms. The lowest BCUT2D eigenvalue weighted by Gasteiger charge is -2.29. The van der Waals surface area contributed by atoms with E-state index in [1.54, 1.807) is 55.1 Å². The van der Waals surface area contributed by atoms with Gasteiger partial charge in [0.25, 0.3) is 0 Å². The molecule has 9 heteroatoms. The number of fused-ring (bicyclic) bond motifs is 1. The molecule has 186 valence electrons. The van der Waals surface area contributed by atoms with Crippen LogP contribution in [0, 0.1) is 28.9 Å². The number of rotatable bonds is 7. The van der Waals surface area contributed by atoms with E-state index in [1.807, 2.05) is 24.3 Å².